The second-order valence-electron chi connectivity index (χ2n) is 14.7. The van der Waals surface area contributed by atoms with E-state index in [0.29, 0.717) is 79.1 Å². The zero-order valence-corrected chi connectivity index (χ0v) is 34.6. The van der Waals surface area contributed by atoms with Crippen molar-refractivity contribution in [1.29, 1.82) is 0 Å². The van der Waals surface area contributed by atoms with Gasteiger partial charge in [-0.25, -0.2) is 9.59 Å². The minimum Gasteiger partial charge on any atom is -0.397 e. The number of amides is 6. The van der Waals surface area contributed by atoms with Crippen LogP contribution >= 0.6 is 31.9 Å². The monoisotopic (exact) mass is 873 g/mol. The minimum absolute atomic E-state index is 0.0818. The first-order chi connectivity index (χ1) is 26.1. The highest BCUT2D eigenvalue weighted by atomic mass is 79.9. The molecule has 0 radical (unpaired) electrons. The van der Waals surface area contributed by atoms with Gasteiger partial charge in [0, 0.05) is 66.4 Å². The van der Waals surface area contributed by atoms with Gasteiger partial charge in [-0.15, -0.1) is 0 Å². The van der Waals surface area contributed by atoms with E-state index in [-0.39, 0.29) is 30.4 Å². The van der Waals surface area contributed by atoms with Crippen LogP contribution in [0.15, 0.2) is 51.4 Å². The summed E-state index contributed by atoms with van der Waals surface area (Å²) in [4.78, 5) is 63.0. The lowest BCUT2D eigenvalue weighted by molar-refractivity contribution is -0.138. The van der Waals surface area contributed by atoms with Gasteiger partial charge >= 0.3 is 12.1 Å². The molecule has 0 unspecified atom stereocenters. The van der Waals surface area contributed by atoms with Gasteiger partial charge in [-0.3, -0.25) is 14.5 Å². The maximum atomic E-state index is 14.3. The number of piperidine rings is 3. The van der Waals surface area contributed by atoms with E-state index in [2.05, 4.69) is 52.7 Å². The zero-order valence-electron chi connectivity index (χ0n) is 31.4. The fourth-order valence-electron chi connectivity index (χ4n) is 7.95. The van der Waals surface area contributed by atoms with Crippen LogP contribution in [0.4, 0.5) is 21.0 Å². The summed E-state index contributed by atoms with van der Waals surface area (Å²) in [5.74, 6) is -0.506. The fourth-order valence-corrected chi connectivity index (χ4v) is 9.23. The highest BCUT2D eigenvalue weighted by molar-refractivity contribution is 9.11. The summed E-state index contributed by atoms with van der Waals surface area (Å²) in [6.07, 6.45) is 8.82. The largest absolute Gasteiger partial charge is 0.397 e. The molecule has 296 valence electrons. The van der Waals surface area contributed by atoms with Crippen LogP contribution in [0.2, 0.25) is 0 Å². The normalized spacial score (nSPS) is 18.4. The quantitative estimate of drug-likeness (QED) is 0.142. The Morgan fingerprint density at radius 1 is 0.833 bits per heavy atom. The highest BCUT2D eigenvalue weighted by Gasteiger charge is 2.35. The third-order valence-corrected chi connectivity index (χ3v) is 12.3. The number of rotatable bonds is 13. The molecule has 5 rings (SSSR count). The number of carbonyl (C=O) groups excluding carboxylic acids is 4. The van der Waals surface area contributed by atoms with Crippen molar-refractivity contribution in [1.82, 2.24) is 30.7 Å². The van der Waals surface area contributed by atoms with Gasteiger partial charge in [-0.05, 0) is 139 Å². The molecule has 0 spiro atoms. The van der Waals surface area contributed by atoms with E-state index < -0.39 is 18.0 Å². The molecule has 0 saturated carbocycles. The van der Waals surface area contributed by atoms with Gasteiger partial charge in [0.15, 0.2) is 0 Å². The zero-order chi connectivity index (χ0) is 38.6. The van der Waals surface area contributed by atoms with E-state index >= 15 is 0 Å². The Morgan fingerprint density at radius 3 is 2.07 bits per heavy atom. The second-order valence-corrected chi connectivity index (χ2v) is 16.4. The molecular weight excluding hydrogens is 818 g/mol. The number of nitrogens with two attached hydrogens (primary N) is 2. The molecule has 2 aromatic carbocycles. The van der Waals surface area contributed by atoms with Crippen molar-refractivity contribution in [3.63, 3.8) is 0 Å². The third-order valence-electron chi connectivity index (χ3n) is 11.0. The van der Waals surface area contributed by atoms with Crippen LogP contribution in [-0.4, -0.2) is 116 Å². The topological polar surface area (TPSA) is 169 Å². The molecule has 3 fully saturated rings. The molecule has 54 heavy (non-hydrogen) atoms. The minimum atomic E-state index is -0.973. The first-order valence-electron chi connectivity index (χ1n) is 19.5. The number of carbonyl (C=O) groups is 4. The van der Waals surface area contributed by atoms with Crippen LogP contribution < -0.4 is 32.3 Å². The number of hydrogen-bond donors (Lipinski definition) is 5. The molecular formula is C39H57Br2N9O4. The summed E-state index contributed by atoms with van der Waals surface area (Å²) in [7, 11) is 1.61. The average molecular weight is 876 g/mol. The molecule has 3 aliphatic heterocycles. The molecule has 6 amide bonds. The lowest BCUT2D eigenvalue weighted by Gasteiger charge is -2.41. The Kier molecular flexibility index (Phi) is 15.9. The number of nitrogens with one attached hydrogen (secondary N) is 3. The molecule has 2 atom stereocenters. The van der Waals surface area contributed by atoms with Gasteiger partial charge in [0.05, 0.1) is 5.69 Å². The molecule has 3 saturated heterocycles. The summed E-state index contributed by atoms with van der Waals surface area (Å²) in [5, 5.41) is 8.81. The summed E-state index contributed by atoms with van der Waals surface area (Å²) >= 11 is 7.02. The Morgan fingerprint density at radius 2 is 1.46 bits per heavy atom. The number of anilines is 2. The average Bonchev–Trinajstić information content (AvgIpc) is 3.20. The van der Waals surface area contributed by atoms with Gasteiger partial charge < -0.3 is 42.1 Å². The van der Waals surface area contributed by atoms with E-state index in [0.717, 1.165) is 43.6 Å². The summed E-state index contributed by atoms with van der Waals surface area (Å²) < 4.78 is 1.34. The number of unbranched alkanes of at least 4 members (excludes halogenated alkanes) is 1. The molecule has 15 heteroatoms. The van der Waals surface area contributed by atoms with Gasteiger partial charge in [0.2, 0.25) is 11.8 Å². The SMILES string of the molecule is CNC(=O)N(c1ccccc1)C1CCN(C(=O)N[C@@H](Cc2cc(Br)c(N)c(Br)c2)C(=O)N[C@@H](CCCCN)C(=O)N2CCC(N3CCCCC3)CC2)CC1. The summed E-state index contributed by atoms with van der Waals surface area (Å²) in [5.41, 5.74) is 14.1. The van der Waals surface area contributed by atoms with Crippen molar-refractivity contribution in [3.05, 3.63) is 57.0 Å². The molecule has 0 aliphatic carbocycles. The van der Waals surface area contributed by atoms with E-state index in [1.54, 1.807) is 16.8 Å². The number of benzene rings is 2. The summed E-state index contributed by atoms with van der Waals surface area (Å²) in [6, 6.07) is 11.3. The molecule has 7 N–H and O–H groups in total. The van der Waals surface area contributed by atoms with Crippen molar-refractivity contribution in [2.75, 3.05) is 63.5 Å². The van der Waals surface area contributed by atoms with E-state index in [1.165, 1.54) is 19.3 Å². The lowest BCUT2D eigenvalue weighted by Crippen LogP contribution is -2.59. The third kappa shape index (κ3) is 11.1. The number of hydrogen-bond acceptors (Lipinski definition) is 7. The Balaban J connectivity index is 1.28. The number of nitrogens with zero attached hydrogens (tertiary/aromatic N) is 4. The number of halogens is 2. The lowest BCUT2D eigenvalue weighted by atomic mass is 9.98. The van der Waals surface area contributed by atoms with Gasteiger partial charge in [-0.2, -0.15) is 0 Å². The first kappa shape index (κ1) is 41.8. The second kappa shape index (κ2) is 20.5. The van der Waals surface area contributed by atoms with Crippen molar-refractivity contribution in [2.24, 2.45) is 5.73 Å². The fraction of sp³-hybridized carbons (Fsp3) is 0.590. The predicted molar refractivity (Wildman–Crippen MR) is 220 cm³/mol. The van der Waals surface area contributed by atoms with E-state index in [1.807, 2.05) is 47.4 Å². The molecule has 3 heterocycles. The van der Waals surface area contributed by atoms with Crippen LogP contribution in [0.25, 0.3) is 0 Å². The van der Waals surface area contributed by atoms with Crippen LogP contribution in [0, 0.1) is 0 Å². The Bertz CT molecular complexity index is 1540. The molecule has 13 nitrogen and oxygen atoms in total. The smallest absolute Gasteiger partial charge is 0.321 e. The van der Waals surface area contributed by atoms with Crippen molar-refractivity contribution >= 4 is 67.1 Å². The van der Waals surface area contributed by atoms with Crippen molar-refractivity contribution in [2.45, 2.75) is 94.8 Å². The number of nitrogen functional groups attached to an aromatic ring is 1. The van der Waals surface area contributed by atoms with Gasteiger partial charge in [-0.1, -0.05) is 24.6 Å². The predicted octanol–water partition coefficient (Wildman–Crippen LogP) is 4.82. The van der Waals surface area contributed by atoms with Crippen LogP contribution in [-0.2, 0) is 16.0 Å². The van der Waals surface area contributed by atoms with Crippen LogP contribution in [0.3, 0.4) is 0 Å². The van der Waals surface area contributed by atoms with Crippen LogP contribution in [0.1, 0.15) is 69.8 Å². The maximum Gasteiger partial charge on any atom is 0.321 e. The molecule has 3 aliphatic rings. The van der Waals surface area contributed by atoms with Crippen molar-refractivity contribution in [3.8, 4) is 0 Å². The standard InChI is InChI=1S/C39H57Br2N9O4/c1-44-38(53)50(29-10-4-2-5-11-29)30-15-22-49(23-16-30)39(54)46-34(26-27-24-31(40)35(43)32(41)25-27)36(51)45-33(12-6-7-17-42)37(52)48-20-13-28(14-21-48)47-18-8-3-9-19-47/h2,4-5,10-11,24-25,28,30,33-34H,3,6-9,12-23,26,42-43H2,1H3,(H,44,53)(H,45,51)(H,46,54)/t33-,34-/m0/s1. The number of para-hydroxylation sites is 1. The first-order valence-corrected chi connectivity index (χ1v) is 21.1. The van der Waals surface area contributed by atoms with Gasteiger partial charge in [0.1, 0.15) is 12.1 Å². The number of urea groups is 2. The molecule has 0 aromatic heterocycles. The maximum absolute atomic E-state index is 14.3. The molecule has 0 bridgehead atoms. The van der Waals surface area contributed by atoms with Gasteiger partial charge in [0.25, 0.3) is 0 Å². The summed E-state index contributed by atoms with van der Waals surface area (Å²) in [6.45, 7) is 4.88. The number of likely N-dealkylation sites (tertiary alicyclic amines) is 3. The van der Waals surface area contributed by atoms with E-state index in [4.69, 9.17) is 11.5 Å². The van der Waals surface area contributed by atoms with E-state index in [9.17, 15) is 19.2 Å². The Labute approximate surface area is 336 Å². The van der Waals surface area contributed by atoms with Crippen LogP contribution in [0.5, 0.6) is 0 Å². The Hall–Kier alpha value is -3.40. The highest BCUT2D eigenvalue weighted by Crippen LogP contribution is 2.30. The van der Waals surface area contributed by atoms with Crippen molar-refractivity contribution < 1.29 is 19.2 Å². The molecule has 2 aromatic rings.